The molecule has 0 aliphatic heterocycles. The molecule has 0 radical (unpaired) electrons. The summed E-state index contributed by atoms with van der Waals surface area (Å²) in [5, 5.41) is 0. The predicted octanol–water partition coefficient (Wildman–Crippen LogP) is 7.47. The lowest BCUT2D eigenvalue weighted by Crippen LogP contribution is -2.59. The number of rotatable bonds is 13. The minimum absolute atomic E-state index is 0.454. The molecule has 26 heavy (non-hydrogen) atoms. The van der Waals surface area contributed by atoms with Crippen LogP contribution < -0.4 is 4.65 Å². The van der Waals surface area contributed by atoms with Gasteiger partial charge in [-0.15, -0.1) is 0 Å². The van der Waals surface area contributed by atoms with Gasteiger partial charge >= 0.3 is 0 Å². The van der Waals surface area contributed by atoms with Crippen molar-refractivity contribution in [2.45, 2.75) is 118 Å². The Labute approximate surface area is 169 Å². The molecule has 0 aromatic rings. The van der Waals surface area contributed by atoms with E-state index >= 15 is 0 Å². The Balaban J connectivity index is 4.10. The van der Waals surface area contributed by atoms with E-state index in [2.05, 4.69) is 78.2 Å². The van der Waals surface area contributed by atoms with Gasteiger partial charge in [-0.05, 0) is 55.9 Å². The van der Waals surface area contributed by atoms with Crippen molar-refractivity contribution in [3.63, 3.8) is 0 Å². The molecular weight excluding hydrogens is 366 g/mol. The Kier molecular flexibility index (Phi) is 11.2. The highest BCUT2D eigenvalue weighted by Gasteiger charge is 2.32. The third-order valence-electron chi connectivity index (χ3n) is 4.73. The molecule has 0 saturated carbocycles. The molecule has 1 N–H and O–H groups in total. The molecule has 158 valence electrons. The zero-order valence-corrected chi connectivity index (χ0v) is 23.1. The lowest BCUT2D eigenvalue weighted by atomic mass is 9.86. The summed E-state index contributed by atoms with van der Waals surface area (Å²) in [5.41, 5.74) is 0.454. The Hall–Kier alpha value is 0.571. The molecule has 1 atom stereocenters. The first-order chi connectivity index (χ1) is 11.5. The summed E-state index contributed by atoms with van der Waals surface area (Å²) in [6.07, 6.45) is 6.67. The Morgan fingerprint density at radius 3 is 1.85 bits per heavy atom. The van der Waals surface area contributed by atoms with Crippen LogP contribution in [-0.2, 0) is 4.43 Å². The number of unbranched alkanes of at least 4 members (excludes halogenated alkanes) is 3. The quantitative estimate of drug-likeness (QED) is 0.248. The van der Waals surface area contributed by atoms with Gasteiger partial charge in [0.2, 0.25) is 0 Å². The molecule has 0 heterocycles. The number of hydrogen-bond acceptors (Lipinski definition) is 2. The minimum Gasteiger partial charge on any atom is -0.418 e. The monoisotopic (exact) mass is 417 g/mol. The van der Waals surface area contributed by atoms with Crippen molar-refractivity contribution in [1.82, 2.24) is 4.65 Å². The van der Waals surface area contributed by atoms with E-state index in [1.807, 2.05) is 0 Å². The lowest BCUT2D eigenvalue weighted by Gasteiger charge is -2.37. The molecule has 1 unspecified atom stereocenters. The number of nitrogens with one attached hydrogen (secondary N) is 1. The van der Waals surface area contributed by atoms with Gasteiger partial charge < -0.3 is 9.07 Å². The average Bonchev–Trinajstić information content (AvgIpc) is 2.30. The van der Waals surface area contributed by atoms with Gasteiger partial charge in [0.25, 0.3) is 0 Å². The van der Waals surface area contributed by atoms with Crippen molar-refractivity contribution in [3.8, 4) is 0 Å². The Morgan fingerprint density at radius 2 is 1.35 bits per heavy atom. The van der Waals surface area contributed by atoms with E-state index in [1.165, 1.54) is 44.2 Å². The molecule has 5 heteroatoms. The molecular formula is C21H51NOSi3. The van der Waals surface area contributed by atoms with Crippen LogP contribution in [0.1, 0.15) is 59.8 Å². The van der Waals surface area contributed by atoms with Crippen molar-refractivity contribution in [2.24, 2.45) is 11.3 Å². The molecule has 0 rings (SSSR count). The summed E-state index contributed by atoms with van der Waals surface area (Å²) in [5.74, 6) is 0.834. The molecule has 0 spiro atoms. The van der Waals surface area contributed by atoms with Crippen LogP contribution in [0.3, 0.4) is 0 Å². The van der Waals surface area contributed by atoms with Gasteiger partial charge in [-0.3, -0.25) is 0 Å². The summed E-state index contributed by atoms with van der Waals surface area (Å²) in [6.45, 7) is 27.6. The van der Waals surface area contributed by atoms with Crippen LogP contribution >= 0.6 is 0 Å². The average molecular weight is 418 g/mol. The van der Waals surface area contributed by atoms with E-state index in [-0.39, 0.29) is 0 Å². The second kappa shape index (κ2) is 10.9. The van der Waals surface area contributed by atoms with Crippen LogP contribution in [0.5, 0.6) is 0 Å². The minimum atomic E-state index is -1.31. The molecule has 0 aromatic carbocycles. The third kappa shape index (κ3) is 16.7. The van der Waals surface area contributed by atoms with Gasteiger partial charge in [0.1, 0.15) is 16.5 Å². The largest absolute Gasteiger partial charge is 0.418 e. The second-order valence-electron chi connectivity index (χ2n) is 12.1. The van der Waals surface area contributed by atoms with Crippen molar-refractivity contribution in [1.29, 1.82) is 0 Å². The molecule has 0 amide bonds. The van der Waals surface area contributed by atoms with Gasteiger partial charge in [0, 0.05) is 6.61 Å². The van der Waals surface area contributed by atoms with E-state index in [0.717, 1.165) is 12.5 Å². The van der Waals surface area contributed by atoms with Gasteiger partial charge in [0.05, 0.1) is 0 Å². The van der Waals surface area contributed by atoms with E-state index in [9.17, 15) is 0 Å². The summed E-state index contributed by atoms with van der Waals surface area (Å²) in [4.78, 5) is 0. The highest BCUT2D eigenvalue weighted by Crippen LogP contribution is 2.29. The molecule has 0 aliphatic carbocycles. The predicted molar refractivity (Wildman–Crippen MR) is 129 cm³/mol. The molecule has 0 saturated heterocycles. The maximum atomic E-state index is 5.95. The smallest absolute Gasteiger partial charge is 0.183 e. The van der Waals surface area contributed by atoms with Crippen LogP contribution in [0, 0.1) is 11.3 Å². The first-order valence-corrected chi connectivity index (χ1v) is 20.8. The van der Waals surface area contributed by atoms with E-state index in [4.69, 9.17) is 4.43 Å². The van der Waals surface area contributed by atoms with Gasteiger partial charge in [-0.1, -0.05) is 73.1 Å². The van der Waals surface area contributed by atoms with Gasteiger partial charge in [-0.2, -0.15) is 0 Å². The van der Waals surface area contributed by atoms with Crippen LogP contribution in [0.15, 0.2) is 0 Å². The molecule has 0 bridgehead atoms. The molecule has 0 fully saturated rings. The highest BCUT2D eigenvalue weighted by molar-refractivity contribution is 6.91. The molecule has 0 aromatic heterocycles. The zero-order chi connectivity index (χ0) is 20.6. The SMILES string of the molecule is CC(CC(C)(C)C)C[Si](C)(C)N[Si](C)(C)CCCCCCO[Si](C)(C)C. The Morgan fingerprint density at radius 1 is 0.808 bits per heavy atom. The highest BCUT2D eigenvalue weighted by atomic mass is 28.4. The van der Waals surface area contributed by atoms with Crippen molar-refractivity contribution in [3.05, 3.63) is 0 Å². The van der Waals surface area contributed by atoms with Gasteiger partial charge in [-0.25, -0.2) is 0 Å². The Bertz CT molecular complexity index is 384. The third-order valence-corrected chi connectivity index (χ3v) is 14.5. The summed E-state index contributed by atoms with van der Waals surface area (Å²) < 4.78 is 10.2. The standard InChI is InChI=1S/C21H51NOSi3/c1-20(18-21(2,3)4)19-26(10,11)22-25(8,9)17-15-13-12-14-16-23-24(5,6)7/h20,22H,12-19H2,1-11H3. The van der Waals surface area contributed by atoms with Crippen LogP contribution in [-0.4, -0.2) is 31.4 Å². The van der Waals surface area contributed by atoms with Gasteiger partial charge in [0.15, 0.2) is 8.32 Å². The summed E-state index contributed by atoms with van der Waals surface area (Å²) >= 11 is 0. The second-order valence-corrected chi connectivity index (χ2v) is 26.0. The van der Waals surface area contributed by atoms with E-state index in [1.54, 1.807) is 0 Å². The molecule has 2 nitrogen and oxygen atoms in total. The maximum absolute atomic E-state index is 5.95. The maximum Gasteiger partial charge on any atom is 0.183 e. The zero-order valence-electron chi connectivity index (χ0n) is 20.1. The van der Waals surface area contributed by atoms with Crippen molar-refractivity contribution < 1.29 is 4.43 Å². The van der Waals surface area contributed by atoms with Crippen LogP contribution in [0.2, 0.25) is 57.9 Å². The first kappa shape index (κ1) is 26.6. The fourth-order valence-corrected chi connectivity index (χ4v) is 16.4. The summed E-state index contributed by atoms with van der Waals surface area (Å²) in [6, 6.07) is 2.83. The van der Waals surface area contributed by atoms with E-state index < -0.39 is 24.8 Å². The van der Waals surface area contributed by atoms with Crippen LogP contribution in [0.4, 0.5) is 0 Å². The van der Waals surface area contributed by atoms with Crippen molar-refractivity contribution >= 4 is 24.8 Å². The van der Waals surface area contributed by atoms with Crippen molar-refractivity contribution in [2.75, 3.05) is 6.61 Å². The topological polar surface area (TPSA) is 21.3 Å². The summed E-state index contributed by atoms with van der Waals surface area (Å²) in [7, 11) is -3.89. The fraction of sp³-hybridized carbons (Fsp3) is 1.00. The van der Waals surface area contributed by atoms with Crippen LogP contribution in [0.25, 0.3) is 0 Å². The molecule has 0 aliphatic rings. The number of hydrogen-bond donors (Lipinski definition) is 1. The normalized spacial score (nSPS) is 15.3. The fourth-order valence-electron chi connectivity index (χ4n) is 4.42. The lowest BCUT2D eigenvalue weighted by molar-refractivity contribution is 0.299. The van der Waals surface area contributed by atoms with E-state index in [0.29, 0.717) is 5.41 Å². The first-order valence-electron chi connectivity index (χ1n) is 10.9.